The molecule has 15 heavy (non-hydrogen) atoms. The molecule has 0 heterocycles. The van der Waals surface area contributed by atoms with E-state index in [9.17, 15) is 4.79 Å². The first kappa shape index (κ1) is 11.2. The van der Waals surface area contributed by atoms with Crippen LogP contribution in [0.5, 0.6) is 5.75 Å². The van der Waals surface area contributed by atoms with E-state index in [-0.39, 0.29) is 0 Å². The van der Waals surface area contributed by atoms with Crippen molar-refractivity contribution in [3.05, 3.63) is 47.6 Å². The second-order valence-corrected chi connectivity index (χ2v) is 3.15. The average molecular weight is 202 g/mol. The summed E-state index contributed by atoms with van der Waals surface area (Å²) in [5.41, 5.74) is 2.01. The van der Waals surface area contributed by atoms with Crippen LogP contribution < -0.4 is 4.74 Å². The highest BCUT2D eigenvalue weighted by molar-refractivity contribution is 5.68. The third-order valence-corrected chi connectivity index (χ3v) is 1.99. The molecule has 78 valence electrons. The zero-order valence-electron chi connectivity index (χ0n) is 8.94. The lowest BCUT2D eigenvalue weighted by Crippen LogP contribution is -1.81. The minimum atomic E-state index is 0.785. The van der Waals surface area contributed by atoms with Crippen LogP contribution in [0, 0.1) is 0 Å². The molecular formula is C13H14O2. The van der Waals surface area contributed by atoms with E-state index in [0.717, 1.165) is 23.2 Å². The first-order valence-corrected chi connectivity index (χ1v) is 4.70. The van der Waals surface area contributed by atoms with Crippen molar-refractivity contribution in [2.45, 2.75) is 6.92 Å². The maximum atomic E-state index is 10.2. The fourth-order valence-electron chi connectivity index (χ4n) is 1.11. The van der Waals surface area contributed by atoms with Gasteiger partial charge in [-0.3, -0.25) is 4.79 Å². The molecule has 1 rings (SSSR count). The van der Waals surface area contributed by atoms with Crippen LogP contribution in [0.3, 0.4) is 0 Å². The van der Waals surface area contributed by atoms with E-state index in [4.69, 9.17) is 4.74 Å². The van der Waals surface area contributed by atoms with Gasteiger partial charge in [0.1, 0.15) is 12.0 Å². The molecule has 1 aromatic carbocycles. The molecule has 0 unspecified atom stereocenters. The summed E-state index contributed by atoms with van der Waals surface area (Å²) in [4.78, 5) is 10.2. The number of aldehydes is 1. The van der Waals surface area contributed by atoms with Gasteiger partial charge < -0.3 is 4.74 Å². The summed E-state index contributed by atoms with van der Waals surface area (Å²) in [7, 11) is 1.64. The van der Waals surface area contributed by atoms with E-state index < -0.39 is 0 Å². The summed E-state index contributed by atoms with van der Waals surface area (Å²) < 4.78 is 5.05. The monoisotopic (exact) mass is 202 g/mol. The molecular weight excluding hydrogens is 188 g/mol. The van der Waals surface area contributed by atoms with E-state index >= 15 is 0 Å². The number of hydrogen-bond acceptors (Lipinski definition) is 2. The fraction of sp³-hybridized carbons (Fsp3) is 0.154. The zero-order valence-corrected chi connectivity index (χ0v) is 8.94. The van der Waals surface area contributed by atoms with Gasteiger partial charge in [-0.1, -0.05) is 24.3 Å². The van der Waals surface area contributed by atoms with Crippen molar-refractivity contribution in [2.24, 2.45) is 0 Å². The topological polar surface area (TPSA) is 26.3 Å². The van der Waals surface area contributed by atoms with Crippen molar-refractivity contribution < 1.29 is 9.53 Å². The summed E-state index contributed by atoms with van der Waals surface area (Å²) in [6.45, 7) is 1.88. The molecule has 0 saturated carbocycles. The fourth-order valence-corrected chi connectivity index (χ4v) is 1.11. The first-order chi connectivity index (χ1) is 7.26. The van der Waals surface area contributed by atoms with Gasteiger partial charge in [-0.05, 0) is 36.3 Å². The minimum Gasteiger partial charge on any atom is -0.497 e. The molecule has 0 radical (unpaired) electrons. The SMILES string of the molecule is COc1ccc(/C=C/C(C)=C\C=O)cc1. The molecule has 2 heteroatoms. The third-order valence-electron chi connectivity index (χ3n) is 1.99. The second kappa shape index (κ2) is 5.81. The van der Waals surface area contributed by atoms with Gasteiger partial charge >= 0.3 is 0 Å². The lowest BCUT2D eigenvalue weighted by molar-refractivity contribution is -0.104. The summed E-state index contributed by atoms with van der Waals surface area (Å²) in [5.74, 6) is 0.840. The Morgan fingerprint density at radius 1 is 1.27 bits per heavy atom. The largest absolute Gasteiger partial charge is 0.497 e. The maximum absolute atomic E-state index is 10.2. The summed E-state index contributed by atoms with van der Waals surface area (Å²) in [5, 5.41) is 0. The molecule has 0 atom stereocenters. The molecule has 0 fully saturated rings. The summed E-state index contributed by atoms with van der Waals surface area (Å²) >= 11 is 0. The Balaban J connectivity index is 2.72. The van der Waals surface area contributed by atoms with E-state index in [0.29, 0.717) is 0 Å². The van der Waals surface area contributed by atoms with E-state index in [1.165, 1.54) is 6.08 Å². The average Bonchev–Trinajstić information content (AvgIpc) is 2.27. The van der Waals surface area contributed by atoms with Gasteiger partial charge in [-0.2, -0.15) is 0 Å². The first-order valence-electron chi connectivity index (χ1n) is 4.70. The number of carbonyl (C=O) groups is 1. The molecule has 0 bridgehead atoms. The lowest BCUT2D eigenvalue weighted by atomic mass is 10.1. The van der Waals surface area contributed by atoms with Crippen LogP contribution in [0.1, 0.15) is 12.5 Å². The Hall–Kier alpha value is -1.83. The Bertz CT molecular complexity index is 372. The van der Waals surface area contributed by atoms with Crippen molar-refractivity contribution in [3.63, 3.8) is 0 Å². The number of ether oxygens (including phenoxy) is 1. The van der Waals surface area contributed by atoms with Gasteiger partial charge in [0, 0.05) is 0 Å². The molecule has 0 aliphatic carbocycles. The summed E-state index contributed by atoms with van der Waals surface area (Å²) in [6.07, 6.45) is 6.17. The standard InChI is InChI=1S/C13H14O2/c1-11(9-10-14)3-4-12-5-7-13(15-2)8-6-12/h3-10H,1-2H3/b4-3+,11-9-. The van der Waals surface area contributed by atoms with Gasteiger partial charge in [-0.25, -0.2) is 0 Å². The van der Waals surface area contributed by atoms with Crippen LogP contribution in [0.15, 0.2) is 42.0 Å². The quantitative estimate of drug-likeness (QED) is 0.426. The van der Waals surface area contributed by atoms with Crippen molar-refractivity contribution >= 4 is 12.4 Å². The molecule has 2 nitrogen and oxygen atoms in total. The smallest absolute Gasteiger partial charge is 0.143 e. The number of methoxy groups -OCH3 is 1. The van der Waals surface area contributed by atoms with Gasteiger partial charge in [0.15, 0.2) is 0 Å². The molecule has 0 saturated heterocycles. The van der Waals surface area contributed by atoms with Crippen molar-refractivity contribution in [1.82, 2.24) is 0 Å². The maximum Gasteiger partial charge on any atom is 0.143 e. The molecule has 0 aliphatic rings. The molecule has 0 amide bonds. The summed E-state index contributed by atoms with van der Waals surface area (Å²) in [6, 6.07) is 7.73. The van der Waals surface area contributed by atoms with Gasteiger partial charge in [0.2, 0.25) is 0 Å². The molecule has 0 N–H and O–H groups in total. The van der Waals surface area contributed by atoms with E-state index in [2.05, 4.69) is 0 Å². The number of hydrogen-bond donors (Lipinski definition) is 0. The number of allylic oxidation sites excluding steroid dienone is 3. The Labute approximate surface area is 89.9 Å². The molecule has 0 aliphatic heterocycles. The Morgan fingerprint density at radius 2 is 1.93 bits per heavy atom. The number of rotatable bonds is 4. The van der Waals surface area contributed by atoms with Crippen molar-refractivity contribution in [3.8, 4) is 5.75 Å². The predicted octanol–water partition coefficient (Wildman–Crippen LogP) is 2.85. The normalized spacial score (nSPS) is 11.7. The number of carbonyl (C=O) groups excluding carboxylic acids is 1. The van der Waals surface area contributed by atoms with Crippen LogP contribution in [0.4, 0.5) is 0 Å². The van der Waals surface area contributed by atoms with Gasteiger partial charge in [0.25, 0.3) is 0 Å². The minimum absolute atomic E-state index is 0.785. The molecule has 1 aromatic rings. The van der Waals surface area contributed by atoms with Crippen molar-refractivity contribution in [2.75, 3.05) is 7.11 Å². The van der Waals surface area contributed by atoms with Crippen LogP contribution >= 0.6 is 0 Å². The Morgan fingerprint density at radius 3 is 2.47 bits per heavy atom. The number of benzene rings is 1. The van der Waals surface area contributed by atoms with Crippen LogP contribution in [-0.2, 0) is 4.79 Å². The van der Waals surface area contributed by atoms with E-state index in [1.54, 1.807) is 7.11 Å². The van der Waals surface area contributed by atoms with Crippen LogP contribution in [0.2, 0.25) is 0 Å². The van der Waals surface area contributed by atoms with Crippen LogP contribution in [-0.4, -0.2) is 13.4 Å². The highest BCUT2D eigenvalue weighted by atomic mass is 16.5. The lowest BCUT2D eigenvalue weighted by Gasteiger charge is -1.98. The highest BCUT2D eigenvalue weighted by Gasteiger charge is 1.89. The second-order valence-electron chi connectivity index (χ2n) is 3.15. The van der Waals surface area contributed by atoms with Crippen molar-refractivity contribution in [1.29, 1.82) is 0 Å². The third kappa shape index (κ3) is 3.81. The van der Waals surface area contributed by atoms with Gasteiger partial charge in [-0.15, -0.1) is 0 Å². The van der Waals surface area contributed by atoms with Gasteiger partial charge in [0.05, 0.1) is 7.11 Å². The molecule has 0 aromatic heterocycles. The highest BCUT2D eigenvalue weighted by Crippen LogP contribution is 2.12. The zero-order chi connectivity index (χ0) is 11.1. The Kier molecular flexibility index (Phi) is 4.35. The molecule has 0 spiro atoms. The van der Waals surface area contributed by atoms with Crippen LogP contribution in [0.25, 0.3) is 6.08 Å². The van der Waals surface area contributed by atoms with E-state index in [1.807, 2.05) is 43.3 Å². The predicted molar refractivity (Wildman–Crippen MR) is 61.8 cm³/mol.